The second-order valence-electron chi connectivity index (χ2n) is 15.5. The largest absolute Gasteiger partial charge is 0.493 e. The normalized spacial score (nSPS) is 23.9. The number of hydrogen-bond donors (Lipinski definition) is 2. The van der Waals surface area contributed by atoms with Gasteiger partial charge in [-0.2, -0.15) is 0 Å². The molecule has 13 nitrogen and oxygen atoms in total. The maximum absolute atomic E-state index is 15.8. The van der Waals surface area contributed by atoms with Crippen molar-refractivity contribution in [1.29, 1.82) is 0 Å². The van der Waals surface area contributed by atoms with Crippen molar-refractivity contribution in [2.45, 2.75) is 76.6 Å². The SMILES string of the molecule is COc1cc2ncnc(Nc3ccc(Cl)c(Cl)c3F)c2cc1OC1CCC(CN2CC(C)N(c3cc4c(cc3F)C(=O)N(C3CCC(=O)NC3=O)C4=O)C(C)C2)CC1. The number of carbonyl (C=O) groups excluding carboxylic acids is 4. The van der Waals surface area contributed by atoms with Crippen LogP contribution >= 0.6 is 23.2 Å². The van der Waals surface area contributed by atoms with Crippen LogP contribution in [0.1, 0.15) is 73.1 Å². The van der Waals surface area contributed by atoms with Gasteiger partial charge < -0.3 is 19.7 Å². The monoisotopic (exact) mass is 835 g/mol. The summed E-state index contributed by atoms with van der Waals surface area (Å²) in [5.41, 5.74) is 0.898. The number of imide groups is 2. The predicted octanol–water partition coefficient (Wildman–Crippen LogP) is 6.91. The third kappa shape index (κ3) is 7.39. The summed E-state index contributed by atoms with van der Waals surface area (Å²) in [6.07, 6.45) is 4.87. The summed E-state index contributed by atoms with van der Waals surface area (Å²) >= 11 is 12.0. The Morgan fingerprint density at radius 2 is 1.60 bits per heavy atom. The van der Waals surface area contributed by atoms with Gasteiger partial charge in [-0.05, 0) is 82.2 Å². The van der Waals surface area contributed by atoms with Gasteiger partial charge in [0.1, 0.15) is 24.0 Å². The first-order valence-corrected chi connectivity index (χ1v) is 20.0. The van der Waals surface area contributed by atoms with E-state index in [1.54, 1.807) is 19.2 Å². The first-order chi connectivity index (χ1) is 27.8. The number of halogens is 4. The van der Waals surface area contributed by atoms with Gasteiger partial charge in [0.2, 0.25) is 11.8 Å². The molecule has 1 aliphatic carbocycles. The third-order valence-electron chi connectivity index (χ3n) is 11.6. The van der Waals surface area contributed by atoms with Gasteiger partial charge in [-0.3, -0.25) is 34.3 Å². The number of piperidine rings is 1. The van der Waals surface area contributed by atoms with Gasteiger partial charge in [0.15, 0.2) is 17.3 Å². The van der Waals surface area contributed by atoms with E-state index in [4.69, 9.17) is 32.7 Å². The second kappa shape index (κ2) is 15.9. The lowest BCUT2D eigenvalue weighted by atomic mass is 9.86. The molecule has 0 spiro atoms. The molecule has 4 amide bonds. The third-order valence-corrected chi connectivity index (χ3v) is 12.4. The lowest BCUT2D eigenvalue weighted by Gasteiger charge is -2.47. The van der Waals surface area contributed by atoms with Crippen LogP contribution in [0, 0.1) is 17.6 Å². The number of nitrogens with zero attached hydrogens (tertiary/aromatic N) is 5. The molecule has 1 aromatic heterocycles. The number of piperazine rings is 1. The first-order valence-electron chi connectivity index (χ1n) is 19.3. The van der Waals surface area contributed by atoms with Crippen molar-refractivity contribution >= 4 is 74.9 Å². The average Bonchev–Trinajstić information content (AvgIpc) is 3.42. The van der Waals surface area contributed by atoms with Gasteiger partial charge in [-0.15, -0.1) is 0 Å². The number of amides is 4. The summed E-state index contributed by atoms with van der Waals surface area (Å²) in [6, 6.07) is 7.75. The fraction of sp³-hybridized carbons (Fsp3) is 0.415. The number of nitrogens with one attached hydrogen (secondary N) is 2. The maximum Gasteiger partial charge on any atom is 0.262 e. The van der Waals surface area contributed by atoms with E-state index in [9.17, 15) is 23.6 Å². The fourth-order valence-corrected chi connectivity index (χ4v) is 9.19. The van der Waals surface area contributed by atoms with Gasteiger partial charge in [0, 0.05) is 49.6 Å². The molecule has 0 bridgehead atoms. The summed E-state index contributed by atoms with van der Waals surface area (Å²) in [4.78, 5) is 64.8. The summed E-state index contributed by atoms with van der Waals surface area (Å²) in [5.74, 6) is -2.06. The molecule has 4 heterocycles. The molecular formula is C41H41Cl2F2N7O6. The molecule has 0 radical (unpaired) electrons. The summed E-state index contributed by atoms with van der Waals surface area (Å²) in [6.45, 7) is 6.25. The minimum Gasteiger partial charge on any atom is -0.493 e. The van der Waals surface area contributed by atoms with E-state index in [-0.39, 0.29) is 63.6 Å². The molecule has 8 rings (SSSR count). The van der Waals surface area contributed by atoms with Gasteiger partial charge in [-0.1, -0.05) is 23.2 Å². The molecule has 3 atom stereocenters. The van der Waals surface area contributed by atoms with Crippen LogP contribution in [-0.4, -0.2) is 94.4 Å². The Morgan fingerprint density at radius 1 is 0.897 bits per heavy atom. The zero-order valence-electron chi connectivity index (χ0n) is 32.0. The number of rotatable bonds is 9. The maximum atomic E-state index is 15.8. The number of hydrogen-bond acceptors (Lipinski definition) is 11. The van der Waals surface area contributed by atoms with Crippen molar-refractivity contribution in [3.63, 3.8) is 0 Å². The Kier molecular flexibility index (Phi) is 10.9. The lowest BCUT2D eigenvalue weighted by molar-refractivity contribution is -0.136. The highest BCUT2D eigenvalue weighted by Crippen LogP contribution is 2.40. The van der Waals surface area contributed by atoms with E-state index < -0.39 is 41.3 Å². The van der Waals surface area contributed by atoms with E-state index in [2.05, 4.69) is 25.5 Å². The number of fused-ring (bicyclic) bond motifs is 2. The van der Waals surface area contributed by atoms with Crippen LogP contribution in [0.25, 0.3) is 10.9 Å². The highest BCUT2D eigenvalue weighted by atomic mass is 35.5. The zero-order chi connectivity index (χ0) is 41.0. The van der Waals surface area contributed by atoms with Crippen molar-refractivity contribution < 1.29 is 37.4 Å². The number of aromatic nitrogens is 2. The van der Waals surface area contributed by atoms with E-state index in [0.717, 1.165) is 43.2 Å². The number of carbonyl (C=O) groups is 4. The molecule has 4 aromatic rings. The lowest BCUT2D eigenvalue weighted by Crippen LogP contribution is -2.58. The number of benzene rings is 3. The number of anilines is 3. The molecule has 2 N–H and O–H groups in total. The molecule has 17 heteroatoms. The van der Waals surface area contributed by atoms with Crippen LogP contribution in [0.15, 0.2) is 42.7 Å². The molecule has 304 valence electrons. The first kappa shape index (κ1) is 39.7. The second-order valence-corrected chi connectivity index (χ2v) is 16.3. The summed E-state index contributed by atoms with van der Waals surface area (Å²) in [5, 5.41) is 5.71. The van der Waals surface area contributed by atoms with E-state index >= 15 is 4.39 Å². The van der Waals surface area contributed by atoms with Crippen molar-refractivity contribution in [3.05, 3.63) is 75.5 Å². The minimum atomic E-state index is -1.12. The van der Waals surface area contributed by atoms with Gasteiger partial charge in [-0.25, -0.2) is 18.7 Å². The highest BCUT2D eigenvalue weighted by molar-refractivity contribution is 6.42. The Balaban J connectivity index is 0.896. The van der Waals surface area contributed by atoms with Crippen molar-refractivity contribution in [1.82, 2.24) is 25.1 Å². The Labute approximate surface area is 342 Å². The van der Waals surface area contributed by atoms with E-state index in [1.807, 2.05) is 18.7 Å². The topological polar surface area (TPSA) is 146 Å². The molecule has 3 aromatic carbocycles. The van der Waals surface area contributed by atoms with Crippen LogP contribution in [0.3, 0.4) is 0 Å². The number of ether oxygens (including phenoxy) is 2. The molecular weight excluding hydrogens is 795 g/mol. The van der Waals surface area contributed by atoms with Crippen LogP contribution in [-0.2, 0) is 9.59 Å². The molecule has 1 saturated carbocycles. The Morgan fingerprint density at radius 3 is 2.29 bits per heavy atom. The predicted molar refractivity (Wildman–Crippen MR) is 213 cm³/mol. The van der Waals surface area contributed by atoms with Gasteiger partial charge in [0.25, 0.3) is 11.8 Å². The van der Waals surface area contributed by atoms with Crippen LogP contribution < -0.4 is 25.0 Å². The van der Waals surface area contributed by atoms with Gasteiger partial charge in [0.05, 0.1) is 51.3 Å². The quantitative estimate of drug-likeness (QED) is 0.134. The van der Waals surface area contributed by atoms with E-state index in [1.165, 1.54) is 24.5 Å². The Bertz CT molecular complexity index is 2330. The summed E-state index contributed by atoms with van der Waals surface area (Å²) in [7, 11) is 1.56. The molecule has 2 saturated heterocycles. The molecule has 58 heavy (non-hydrogen) atoms. The standard InChI is InChI=1S/C41H41Cl2F2N7O6/c1-20-16-50(17-21(2)51(20)32-13-25-24(12-28(32)44)40(55)52(41(25)56)31-10-11-35(53)49-39(31)54)18-22-4-6-23(7-5-22)58-34-14-26-30(15-33(34)57-3)46-19-47-38(26)48-29-9-8-27(42)36(43)37(29)45/h8-9,12-15,19-23,31H,4-7,10-11,16-18H2,1-3H3,(H,46,47,48)(H,49,53,54). The molecule has 3 unspecified atom stereocenters. The van der Waals surface area contributed by atoms with Crippen molar-refractivity contribution in [3.8, 4) is 11.5 Å². The highest BCUT2D eigenvalue weighted by Gasteiger charge is 2.46. The zero-order valence-corrected chi connectivity index (χ0v) is 33.5. The molecule has 3 fully saturated rings. The van der Waals surface area contributed by atoms with Crippen LogP contribution in [0.5, 0.6) is 11.5 Å². The Hall–Kier alpha value is -5.12. The van der Waals surface area contributed by atoms with E-state index in [0.29, 0.717) is 47.2 Å². The van der Waals surface area contributed by atoms with Crippen molar-refractivity contribution in [2.24, 2.45) is 5.92 Å². The minimum absolute atomic E-state index is 0.00220. The summed E-state index contributed by atoms with van der Waals surface area (Å²) < 4.78 is 42.9. The number of methoxy groups -OCH3 is 1. The molecule has 3 aliphatic heterocycles. The van der Waals surface area contributed by atoms with Crippen LogP contribution in [0.2, 0.25) is 10.0 Å². The fourth-order valence-electron chi connectivity index (χ4n) is 8.88. The van der Waals surface area contributed by atoms with Gasteiger partial charge >= 0.3 is 0 Å². The average molecular weight is 837 g/mol. The van der Waals surface area contributed by atoms with Crippen LogP contribution in [0.4, 0.5) is 26.0 Å². The molecule has 4 aliphatic rings. The van der Waals surface area contributed by atoms with Crippen molar-refractivity contribution in [2.75, 3.05) is 37.0 Å². The smallest absolute Gasteiger partial charge is 0.262 e.